The molecule has 15 heavy (non-hydrogen) atoms. The van der Waals surface area contributed by atoms with E-state index in [4.69, 9.17) is 5.73 Å². The summed E-state index contributed by atoms with van der Waals surface area (Å²) < 4.78 is 1.12. The van der Waals surface area contributed by atoms with E-state index in [-0.39, 0.29) is 24.4 Å². The molecule has 0 aromatic carbocycles. The number of amides is 1. The van der Waals surface area contributed by atoms with Crippen molar-refractivity contribution in [1.82, 2.24) is 5.32 Å². The van der Waals surface area contributed by atoms with Gasteiger partial charge in [0.05, 0.1) is 8.45 Å². The van der Waals surface area contributed by atoms with Crippen molar-refractivity contribution in [2.24, 2.45) is 5.73 Å². The predicted octanol–water partition coefficient (Wildman–Crippen LogP) is 2.24. The van der Waals surface area contributed by atoms with Crippen molar-refractivity contribution in [3.8, 4) is 0 Å². The van der Waals surface area contributed by atoms with Gasteiger partial charge in [-0.25, -0.2) is 0 Å². The van der Waals surface area contributed by atoms with E-state index in [1.54, 1.807) is 11.3 Å². The second-order valence-electron chi connectivity index (χ2n) is 3.16. The summed E-state index contributed by atoms with van der Waals surface area (Å²) >= 11 is 3.77. The quantitative estimate of drug-likeness (QED) is 0.809. The van der Waals surface area contributed by atoms with Crippen LogP contribution in [0.3, 0.4) is 0 Å². The molecule has 0 fully saturated rings. The van der Waals surface area contributed by atoms with E-state index in [1.807, 2.05) is 18.4 Å². The summed E-state index contributed by atoms with van der Waals surface area (Å²) in [5.74, 6) is -0.00943. The first-order valence-corrected chi connectivity index (χ1v) is 6.33. The Balaban J connectivity index is 0.00000196. The predicted molar refractivity (Wildman–Crippen MR) is 74.9 cm³/mol. The topological polar surface area (TPSA) is 55.1 Å². The smallest absolute Gasteiger partial charge is 0.252 e. The fourth-order valence-electron chi connectivity index (χ4n) is 0.945. The number of carbonyl (C=O) groups is 1. The fraction of sp³-hybridized carbons (Fsp3) is 0.444. The number of nitrogens with one attached hydrogen (secondary N) is 1. The van der Waals surface area contributed by atoms with E-state index < -0.39 is 0 Å². The van der Waals surface area contributed by atoms with Crippen LogP contribution in [0.2, 0.25) is 0 Å². The van der Waals surface area contributed by atoms with Crippen LogP contribution in [-0.2, 0) is 0 Å². The summed E-state index contributed by atoms with van der Waals surface area (Å²) in [5, 5.41) is 4.69. The summed E-state index contributed by atoms with van der Waals surface area (Å²) in [6, 6.07) is 2.02. The Kier molecular flexibility index (Phi) is 7.50. The Morgan fingerprint density at radius 2 is 2.40 bits per heavy atom. The zero-order valence-corrected chi connectivity index (χ0v) is 12.1. The number of hydrogen-bond acceptors (Lipinski definition) is 3. The van der Waals surface area contributed by atoms with Gasteiger partial charge in [0.1, 0.15) is 0 Å². The lowest BCUT2D eigenvalue weighted by Gasteiger charge is -2.05. The molecule has 3 nitrogen and oxygen atoms in total. The number of halogens is 2. The van der Waals surface area contributed by atoms with Crippen molar-refractivity contribution in [3.63, 3.8) is 0 Å². The lowest BCUT2D eigenvalue weighted by molar-refractivity contribution is 0.0953. The Hall–Kier alpha value is 0.150. The van der Waals surface area contributed by atoms with Gasteiger partial charge in [0.2, 0.25) is 0 Å². The normalized spacial score (nSPS) is 11.7. The molecule has 0 saturated carbocycles. The number of rotatable bonds is 4. The van der Waals surface area contributed by atoms with E-state index in [2.05, 4.69) is 27.9 Å². The minimum atomic E-state index is -0.00943. The SMILES string of the molecule is CC(N)CCNC(=O)c1csc(I)c1.Cl. The summed E-state index contributed by atoms with van der Waals surface area (Å²) in [7, 11) is 0. The minimum absolute atomic E-state index is 0. The molecule has 0 radical (unpaired) electrons. The molecule has 0 aliphatic heterocycles. The Bertz CT molecular complexity index is 317. The molecule has 1 unspecified atom stereocenters. The average Bonchev–Trinajstić information content (AvgIpc) is 2.51. The van der Waals surface area contributed by atoms with Gasteiger partial charge in [-0.15, -0.1) is 23.7 Å². The Labute approximate surface area is 113 Å². The van der Waals surface area contributed by atoms with Crippen LogP contribution in [0.15, 0.2) is 11.4 Å². The maximum Gasteiger partial charge on any atom is 0.252 e. The van der Waals surface area contributed by atoms with E-state index in [1.165, 1.54) is 0 Å². The molecule has 3 N–H and O–H groups in total. The van der Waals surface area contributed by atoms with Crippen molar-refractivity contribution in [2.75, 3.05) is 6.54 Å². The van der Waals surface area contributed by atoms with Gasteiger partial charge >= 0.3 is 0 Å². The van der Waals surface area contributed by atoms with Gasteiger partial charge < -0.3 is 11.1 Å². The van der Waals surface area contributed by atoms with Crippen molar-refractivity contribution in [2.45, 2.75) is 19.4 Å². The second kappa shape index (κ2) is 7.43. The van der Waals surface area contributed by atoms with E-state index >= 15 is 0 Å². The zero-order chi connectivity index (χ0) is 10.6. The molecule has 0 spiro atoms. The summed E-state index contributed by atoms with van der Waals surface area (Å²) in [6.07, 6.45) is 0.812. The van der Waals surface area contributed by atoms with E-state index in [0.29, 0.717) is 6.54 Å². The third kappa shape index (κ3) is 5.70. The third-order valence-electron chi connectivity index (χ3n) is 1.71. The van der Waals surface area contributed by atoms with Crippen molar-refractivity contribution in [3.05, 3.63) is 19.9 Å². The highest BCUT2D eigenvalue weighted by atomic mass is 127. The molecule has 0 aliphatic rings. The van der Waals surface area contributed by atoms with Gasteiger partial charge in [-0.1, -0.05) is 0 Å². The highest BCUT2D eigenvalue weighted by Gasteiger charge is 2.06. The standard InChI is InChI=1S/C9H13IN2OS.ClH/c1-6(11)2-3-12-9(13)7-4-8(10)14-5-7;/h4-6H,2-3,11H2,1H3,(H,12,13);1H. The molecule has 1 heterocycles. The number of hydrogen-bond donors (Lipinski definition) is 2. The molecular weight excluding hydrogens is 347 g/mol. The maximum atomic E-state index is 11.5. The highest BCUT2D eigenvalue weighted by Crippen LogP contribution is 2.16. The summed E-state index contributed by atoms with van der Waals surface area (Å²) in [5.41, 5.74) is 6.31. The van der Waals surface area contributed by atoms with Crippen LogP contribution in [0.1, 0.15) is 23.7 Å². The van der Waals surface area contributed by atoms with Gasteiger partial charge in [-0.3, -0.25) is 4.79 Å². The first-order chi connectivity index (χ1) is 6.59. The monoisotopic (exact) mass is 360 g/mol. The van der Waals surface area contributed by atoms with E-state index in [0.717, 1.165) is 14.9 Å². The van der Waals surface area contributed by atoms with Gasteiger partial charge in [-0.05, 0) is 42.0 Å². The number of thiophene rings is 1. The van der Waals surface area contributed by atoms with Crippen LogP contribution in [0, 0.1) is 2.88 Å². The summed E-state index contributed by atoms with van der Waals surface area (Å²) in [6.45, 7) is 2.57. The molecule has 1 amide bonds. The highest BCUT2D eigenvalue weighted by molar-refractivity contribution is 14.1. The van der Waals surface area contributed by atoms with Crippen LogP contribution in [0.4, 0.5) is 0 Å². The fourth-order valence-corrected chi connectivity index (χ4v) is 2.27. The Morgan fingerprint density at radius 3 is 2.87 bits per heavy atom. The molecule has 1 rings (SSSR count). The van der Waals surface area contributed by atoms with Crippen LogP contribution in [0.5, 0.6) is 0 Å². The molecule has 0 bridgehead atoms. The van der Waals surface area contributed by atoms with Crippen molar-refractivity contribution in [1.29, 1.82) is 0 Å². The van der Waals surface area contributed by atoms with Crippen LogP contribution in [-0.4, -0.2) is 18.5 Å². The molecule has 1 atom stereocenters. The number of nitrogens with two attached hydrogens (primary N) is 1. The molecule has 1 aromatic rings. The second-order valence-corrected chi connectivity index (χ2v) is 5.97. The Morgan fingerprint density at radius 1 is 1.73 bits per heavy atom. The van der Waals surface area contributed by atoms with Gasteiger partial charge in [0.25, 0.3) is 5.91 Å². The molecule has 0 aliphatic carbocycles. The maximum absolute atomic E-state index is 11.5. The average molecular weight is 361 g/mol. The molecule has 86 valence electrons. The molecule has 1 aromatic heterocycles. The van der Waals surface area contributed by atoms with Gasteiger partial charge in [0, 0.05) is 18.0 Å². The van der Waals surface area contributed by atoms with Crippen molar-refractivity contribution >= 4 is 52.2 Å². The number of carbonyl (C=O) groups excluding carboxylic acids is 1. The van der Waals surface area contributed by atoms with Gasteiger partial charge in [0.15, 0.2) is 0 Å². The minimum Gasteiger partial charge on any atom is -0.352 e. The van der Waals surface area contributed by atoms with Crippen LogP contribution < -0.4 is 11.1 Å². The molecular formula is C9H14ClIN2OS. The molecule has 0 saturated heterocycles. The molecule has 6 heteroatoms. The summed E-state index contributed by atoms with van der Waals surface area (Å²) in [4.78, 5) is 11.5. The lowest BCUT2D eigenvalue weighted by atomic mass is 10.2. The van der Waals surface area contributed by atoms with Crippen molar-refractivity contribution < 1.29 is 4.79 Å². The van der Waals surface area contributed by atoms with Crippen LogP contribution in [0.25, 0.3) is 0 Å². The third-order valence-corrected chi connectivity index (χ3v) is 3.50. The van der Waals surface area contributed by atoms with Gasteiger partial charge in [-0.2, -0.15) is 0 Å². The van der Waals surface area contributed by atoms with E-state index in [9.17, 15) is 4.79 Å². The van der Waals surface area contributed by atoms with Crippen LogP contribution >= 0.6 is 46.3 Å². The lowest BCUT2D eigenvalue weighted by Crippen LogP contribution is -2.28. The first-order valence-electron chi connectivity index (χ1n) is 4.37. The zero-order valence-electron chi connectivity index (χ0n) is 8.33. The largest absolute Gasteiger partial charge is 0.352 e. The first kappa shape index (κ1) is 15.2.